The third-order valence-electron chi connectivity index (χ3n) is 3.69. The molecule has 4 rings (SSSR count). The molecule has 0 heterocycles. The quantitative estimate of drug-likeness (QED) is 0.240. The molecule has 0 nitrogen and oxygen atoms in total. The summed E-state index contributed by atoms with van der Waals surface area (Å²) >= 11 is 0. The molecular weight excluding hydrogens is 449 g/mol. The van der Waals surface area contributed by atoms with Gasteiger partial charge in [0, 0.05) is 0 Å². The van der Waals surface area contributed by atoms with E-state index in [-0.39, 0.29) is 80.1 Å². The van der Waals surface area contributed by atoms with Gasteiger partial charge in [-0.25, -0.2) is 11.1 Å². The average Bonchev–Trinajstić information content (AvgIpc) is 2.54. The van der Waals surface area contributed by atoms with Gasteiger partial charge in [-0.2, -0.15) is 24.3 Å². The zero-order valence-corrected chi connectivity index (χ0v) is 19.1. The van der Waals surface area contributed by atoms with Crippen molar-refractivity contribution in [3.8, 4) is 11.1 Å². The molecule has 4 aromatic carbocycles. The summed E-state index contributed by atoms with van der Waals surface area (Å²) in [5.41, 5.74) is 2.25. The molecule has 0 fully saturated rings. The molecule has 0 atom stereocenters. The molecule has 0 saturated carbocycles. The molecule has 24 heavy (non-hydrogen) atoms. The van der Waals surface area contributed by atoms with Gasteiger partial charge < -0.3 is 34.0 Å². The summed E-state index contributed by atoms with van der Waals surface area (Å²) in [4.78, 5) is 0. The summed E-state index contributed by atoms with van der Waals surface area (Å²) in [6.45, 7) is 0. The molecule has 0 aliphatic carbocycles. The van der Waals surface area contributed by atoms with Gasteiger partial charge in [-0.15, -0.1) is 45.8 Å². The second-order valence-electron chi connectivity index (χ2n) is 4.88. The minimum absolute atomic E-state index is 0. The third kappa shape index (κ3) is 4.54. The number of halogens is 2. The second kappa shape index (κ2) is 10.8. The zero-order valence-electron chi connectivity index (χ0n) is 13.1. The average molecular weight is 461 g/mol. The first-order valence-electron chi connectivity index (χ1n) is 6.73. The van der Waals surface area contributed by atoms with E-state index >= 15 is 0 Å². The van der Waals surface area contributed by atoms with Gasteiger partial charge >= 0.3 is 46.1 Å². The fourth-order valence-corrected chi connectivity index (χ4v) is 2.74. The van der Waals surface area contributed by atoms with Crippen LogP contribution in [0.15, 0.2) is 72.8 Å². The Morgan fingerprint density at radius 3 is 1.29 bits per heavy atom. The van der Waals surface area contributed by atoms with E-state index in [1.807, 2.05) is 12.1 Å². The van der Waals surface area contributed by atoms with E-state index in [9.17, 15) is 0 Å². The first-order valence-corrected chi connectivity index (χ1v) is 6.73. The van der Waals surface area contributed by atoms with Crippen LogP contribution in [0.3, 0.4) is 0 Å². The molecule has 0 bridgehead atoms. The SMILES string of the molecule is [Br-].[Br-].[Mg+2].[Mg+2].[c-]1ccc2ccccc2c1-c1[c-]ccc2ccccc12. The van der Waals surface area contributed by atoms with Crippen molar-refractivity contribution in [2.24, 2.45) is 0 Å². The van der Waals surface area contributed by atoms with Crippen LogP contribution in [0.4, 0.5) is 0 Å². The number of benzene rings is 4. The molecular formula is C20H12Br2Mg2. The van der Waals surface area contributed by atoms with Crippen LogP contribution in [0.1, 0.15) is 0 Å². The monoisotopic (exact) mass is 458 g/mol. The fraction of sp³-hybridized carbons (Fsp3) is 0. The molecule has 0 aliphatic heterocycles. The molecule has 0 N–H and O–H groups in total. The Bertz CT molecular complexity index is 835. The Morgan fingerprint density at radius 2 is 0.875 bits per heavy atom. The summed E-state index contributed by atoms with van der Waals surface area (Å²) in [6, 6.07) is 31.8. The largest absolute Gasteiger partial charge is 2.00 e. The Morgan fingerprint density at radius 1 is 0.500 bits per heavy atom. The smallest absolute Gasteiger partial charge is 1.00 e. The molecule has 0 aliphatic rings. The van der Waals surface area contributed by atoms with Gasteiger partial charge in [-0.05, 0) is 0 Å². The van der Waals surface area contributed by atoms with Crippen molar-refractivity contribution in [1.82, 2.24) is 0 Å². The van der Waals surface area contributed by atoms with E-state index in [0.717, 1.165) is 11.1 Å². The first kappa shape index (κ1) is 23.9. The van der Waals surface area contributed by atoms with Crippen LogP contribution in [0.2, 0.25) is 0 Å². The van der Waals surface area contributed by atoms with Crippen molar-refractivity contribution in [3.05, 3.63) is 84.9 Å². The number of fused-ring (bicyclic) bond motifs is 2. The predicted octanol–water partition coefficient (Wildman–Crippen LogP) is -1.49. The van der Waals surface area contributed by atoms with Gasteiger partial charge in [-0.1, -0.05) is 36.4 Å². The predicted molar refractivity (Wildman–Crippen MR) is 96.1 cm³/mol. The normalized spacial score (nSPS) is 9.17. The molecule has 0 aromatic heterocycles. The maximum Gasteiger partial charge on any atom is 2.00 e. The Balaban J connectivity index is 0.00000132. The van der Waals surface area contributed by atoms with Crippen molar-refractivity contribution >= 4 is 67.7 Å². The van der Waals surface area contributed by atoms with E-state index < -0.39 is 0 Å². The summed E-state index contributed by atoms with van der Waals surface area (Å²) in [5.74, 6) is 0. The molecule has 0 saturated heterocycles. The molecule has 4 aromatic rings. The van der Waals surface area contributed by atoms with Crippen LogP contribution >= 0.6 is 0 Å². The Labute approximate surface area is 195 Å². The van der Waals surface area contributed by atoms with Crippen LogP contribution in [-0.2, 0) is 0 Å². The molecule has 0 unspecified atom stereocenters. The topological polar surface area (TPSA) is 0 Å². The minimum Gasteiger partial charge on any atom is -1.00 e. The van der Waals surface area contributed by atoms with Crippen LogP contribution in [0.25, 0.3) is 32.7 Å². The second-order valence-corrected chi connectivity index (χ2v) is 4.88. The summed E-state index contributed by atoms with van der Waals surface area (Å²) in [6.07, 6.45) is 0. The van der Waals surface area contributed by atoms with Crippen LogP contribution in [0.5, 0.6) is 0 Å². The van der Waals surface area contributed by atoms with Gasteiger partial charge in [0.15, 0.2) is 0 Å². The summed E-state index contributed by atoms with van der Waals surface area (Å²) < 4.78 is 0. The van der Waals surface area contributed by atoms with E-state index in [4.69, 9.17) is 0 Å². The van der Waals surface area contributed by atoms with Crippen LogP contribution in [0, 0.1) is 12.1 Å². The molecule has 0 amide bonds. The van der Waals surface area contributed by atoms with Gasteiger partial charge in [0.25, 0.3) is 0 Å². The maximum absolute atomic E-state index is 3.39. The van der Waals surface area contributed by atoms with E-state index in [0.29, 0.717) is 0 Å². The third-order valence-corrected chi connectivity index (χ3v) is 3.69. The van der Waals surface area contributed by atoms with Crippen LogP contribution < -0.4 is 34.0 Å². The van der Waals surface area contributed by atoms with E-state index in [1.165, 1.54) is 21.5 Å². The zero-order chi connectivity index (χ0) is 13.4. The van der Waals surface area contributed by atoms with E-state index in [2.05, 4.69) is 72.8 Å². The van der Waals surface area contributed by atoms with Crippen molar-refractivity contribution in [3.63, 3.8) is 0 Å². The summed E-state index contributed by atoms with van der Waals surface area (Å²) in [7, 11) is 0. The number of hydrogen-bond acceptors (Lipinski definition) is 0. The molecule has 0 radical (unpaired) electrons. The fourth-order valence-electron chi connectivity index (χ4n) is 2.74. The number of rotatable bonds is 1. The van der Waals surface area contributed by atoms with Gasteiger partial charge in [-0.3, -0.25) is 0 Å². The van der Waals surface area contributed by atoms with E-state index in [1.54, 1.807) is 0 Å². The van der Waals surface area contributed by atoms with Crippen molar-refractivity contribution in [2.45, 2.75) is 0 Å². The maximum atomic E-state index is 3.39. The van der Waals surface area contributed by atoms with Crippen molar-refractivity contribution in [2.75, 3.05) is 0 Å². The van der Waals surface area contributed by atoms with Gasteiger partial charge in [0.1, 0.15) is 0 Å². The van der Waals surface area contributed by atoms with Crippen molar-refractivity contribution in [1.29, 1.82) is 0 Å². The molecule has 4 heteroatoms. The van der Waals surface area contributed by atoms with Gasteiger partial charge in [0.05, 0.1) is 0 Å². The Kier molecular flexibility index (Phi) is 10.7. The van der Waals surface area contributed by atoms with Crippen LogP contribution in [-0.4, -0.2) is 46.1 Å². The minimum atomic E-state index is 0. The number of hydrogen-bond donors (Lipinski definition) is 0. The standard InChI is InChI=1S/C20H12.2BrH.2Mg/c1-3-11-17-15(7-1)9-5-13-19(17)20-14-6-10-16-8-2-4-12-18(16)20;;;;/h1-12H;2*1H;;/q-2;;;2*+2/p-2. The van der Waals surface area contributed by atoms with Crippen molar-refractivity contribution < 1.29 is 34.0 Å². The molecule has 110 valence electrons. The molecule has 0 spiro atoms. The summed E-state index contributed by atoms with van der Waals surface area (Å²) in [5, 5.41) is 4.93. The van der Waals surface area contributed by atoms with Gasteiger partial charge in [0.2, 0.25) is 0 Å². The first-order chi connectivity index (χ1) is 9.93. The Hall–Kier alpha value is -0.108.